The van der Waals surface area contributed by atoms with Gasteiger partial charge in [-0.1, -0.05) is 56.3 Å². The summed E-state index contributed by atoms with van der Waals surface area (Å²) >= 11 is 0. The zero-order valence-corrected chi connectivity index (χ0v) is 12.9. The van der Waals surface area contributed by atoms with E-state index in [0.717, 1.165) is 10.9 Å². The first kappa shape index (κ1) is 16.0. The number of benzene rings is 2. The molecule has 0 saturated carbocycles. The van der Waals surface area contributed by atoms with Gasteiger partial charge in [0.2, 0.25) is 5.91 Å². The molecule has 2 aromatic carbocycles. The van der Waals surface area contributed by atoms with Crippen molar-refractivity contribution in [3.8, 4) is 0 Å². The maximum absolute atomic E-state index is 11.9. The van der Waals surface area contributed by atoms with Crippen LogP contribution in [0, 0.1) is 5.92 Å². The predicted molar refractivity (Wildman–Crippen MR) is 86.7 cm³/mol. The number of nitrogens with one attached hydrogen (secondary N) is 1. The summed E-state index contributed by atoms with van der Waals surface area (Å²) in [5.74, 6) is -1.36. The predicted octanol–water partition coefficient (Wildman–Crippen LogP) is 3.00. The normalized spacial score (nSPS) is 12.3. The Hall–Kier alpha value is -2.36. The zero-order valence-electron chi connectivity index (χ0n) is 12.9. The summed E-state index contributed by atoms with van der Waals surface area (Å²) < 4.78 is 0. The van der Waals surface area contributed by atoms with Gasteiger partial charge in [0.05, 0.1) is 0 Å². The molecule has 0 saturated heterocycles. The Morgan fingerprint density at radius 2 is 1.77 bits per heavy atom. The van der Waals surface area contributed by atoms with Crippen LogP contribution in [-0.4, -0.2) is 23.0 Å². The largest absolute Gasteiger partial charge is 0.480 e. The maximum Gasteiger partial charge on any atom is 0.326 e. The van der Waals surface area contributed by atoms with Crippen LogP contribution in [0.2, 0.25) is 0 Å². The fourth-order valence-electron chi connectivity index (χ4n) is 2.41. The maximum atomic E-state index is 11.9. The third-order valence-electron chi connectivity index (χ3n) is 3.70. The monoisotopic (exact) mass is 299 g/mol. The summed E-state index contributed by atoms with van der Waals surface area (Å²) in [7, 11) is 0. The lowest BCUT2D eigenvalue weighted by atomic mass is 10.0. The van der Waals surface area contributed by atoms with Gasteiger partial charge in [-0.15, -0.1) is 0 Å². The van der Waals surface area contributed by atoms with Crippen molar-refractivity contribution < 1.29 is 14.7 Å². The van der Waals surface area contributed by atoms with Crippen molar-refractivity contribution in [1.29, 1.82) is 0 Å². The summed E-state index contributed by atoms with van der Waals surface area (Å²) in [5.41, 5.74) is 1.07. The van der Waals surface area contributed by atoms with Crippen molar-refractivity contribution in [3.05, 3.63) is 48.0 Å². The molecule has 4 nitrogen and oxygen atoms in total. The van der Waals surface area contributed by atoms with Crippen LogP contribution in [0.15, 0.2) is 42.5 Å². The first-order valence-corrected chi connectivity index (χ1v) is 7.47. The number of aryl methyl sites for hydroxylation is 1. The van der Waals surface area contributed by atoms with Gasteiger partial charge < -0.3 is 10.4 Å². The quantitative estimate of drug-likeness (QED) is 0.861. The molecule has 116 valence electrons. The minimum Gasteiger partial charge on any atom is -0.480 e. The van der Waals surface area contributed by atoms with E-state index in [2.05, 4.69) is 11.4 Å². The van der Waals surface area contributed by atoms with Gasteiger partial charge in [0.1, 0.15) is 6.04 Å². The van der Waals surface area contributed by atoms with E-state index in [0.29, 0.717) is 6.42 Å². The molecule has 0 radical (unpaired) electrons. The summed E-state index contributed by atoms with van der Waals surface area (Å²) in [6, 6.07) is 13.4. The highest BCUT2D eigenvalue weighted by Gasteiger charge is 2.22. The Labute approximate surface area is 130 Å². The third-order valence-corrected chi connectivity index (χ3v) is 3.70. The van der Waals surface area contributed by atoms with Crippen LogP contribution in [-0.2, 0) is 16.0 Å². The Balaban J connectivity index is 1.96. The topological polar surface area (TPSA) is 66.4 Å². The van der Waals surface area contributed by atoms with Gasteiger partial charge in [-0.3, -0.25) is 4.79 Å². The molecule has 0 bridgehead atoms. The number of carboxylic acids is 1. The van der Waals surface area contributed by atoms with Crippen molar-refractivity contribution in [2.75, 3.05) is 0 Å². The van der Waals surface area contributed by atoms with Gasteiger partial charge in [-0.2, -0.15) is 0 Å². The number of hydrogen-bond acceptors (Lipinski definition) is 2. The van der Waals surface area contributed by atoms with Crippen LogP contribution in [0.25, 0.3) is 10.8 Å². The molecule has 0 aromatic heterocycles. The highest BCUT2D eigenvalue weighted by molar-refractivity contribution is 5.85. The van der Waals surface area contributed by atoms with E-state index < -0.39 is 12.0 Å². The number of aliphatic carboxylic acids is 1. The number of amides is 1. The van der Waals surface area contributed by atoms with E-state index in [4.69, 9.17) is 5.11 Å². The number of carbonyl (C=O) groups is 2. The summed E-state index contributed by atoms with van der Waals surface area (Å²) in [5, 5.41) is 14.0. The Bertz CT molecular complexity index is 679. The summed E-state index contributed by atoms with van der Waals surface area (Å²) in [6.45, 7) is 3.56. The molecule has 0 aliphatic rings. The Morgan fingerprint density at radius 3 is 2.41 bits per heavy atom. The van der Waals surface area contributed by atoms with E-state index in [1.165, 1.54) is 5.39 Å². The van der Waals surface area contributed by atoms with Gasteiger partial charge in [0, 0.05) is 6.42 Å². The smallest absolute Gasteiger partial charge is 0.326 e. The van der Waals surface area contributed by atoms with Crippen molar-refractivity contribution in [2.45, 2.75) is 32.7 Å². The van der Waals surface area contributed by atoms with Crippen LogP contribution in [0.1, 0.15) is 25.8 Å². The fraction of sp³-hybridized carbons (Fsp3) is 0.333. The molecule has 4 heteroatoms. The number of rotatable bonds is 6. The second kappa shape index (κ2) is 7.07. The van der Waals surface area contributed by atoms with Gasteiger partial charge in [-0.25, -0.2) is 4.79 Å². The molecule has 22 heavy (non-hydrogen) atoms. The minimum absolute atomic E-state index is 0.137. The van der Waals surface area contributed by atoms with Crippen LogP contribution in [0.3, 0.4) is 0 Å². The lowest BCUT2D eigenvalue weighted by Gasteiger charge is -2.17. The van der Waals surface area contributed by atoms with E-state index in [1.807, 2.05) is 36.4 Å². The van der Waals surface area contributed by atoms with Gasteiger partial charge in [0.25, 0.3) is 0 Å². The van der Waals surface area contributed by atoms with Gasteiger partial charge in [0.15, 0.2) is 0 Å². The molecule has 0 aliphatic heterocycles. The first-order chi connectivity index (χ1) is 10.5. The van der Waals surface area contributed by atoms with E-state index in [9.17, 15) is 9.59 Å². The number of hydrogen-bond donors (Lipinski definition) is 2. The van der Waals surface area contributed by atoms with E-state index in [-0.39, 0.29) is 18.2 Å². The van der Waals surface area contributed by atoms with Crippen molar-refractivity contribution in [3.63, 3.8) is 0 Å². The summed E-state index contributed by atoms with van der Waals surface area (Å²) in [6.07, 6.45) is 0.885. The number of fused-ring (bicyclic) bond motifs is 1. The molecule has 0 fully saturated rings. The van der Waals surface area contributed by atoms with Crippen LogP contribution >= 0.6 is 0 Å². The minimum atomic E-state index is -0.992. The standard InChI is InChI=1S/C18H21NO3/c1-12(2)17(18(21)22)19-16(20)10-8-13-7-9-14-5-3-4-6-15(14)11-13/h3-7,9,11-12,17H,8,10H2,1-2H3,(H,19,20)(H,21,22). The zero-order chi connectivity index (χ0) is 16.1. The number of carboxylic acid groups (broad SMARTS) is 1. The summed E-state index contributed by atoms with van der Waals surface area (Å²) in [4.78, 5) is 23.0. The van der Waals surface area contributed by atoms with E-state index >= 15 is 0 Å². The third kappa shape index (κ3) is 4.07. The highest BCUT2D eigenvalue weighted by Crippen LogP contribution is 2.16. The molecular weight excluding hydrogens is 278 g/mol. The second-order valence-electron chi connectivity index (χ2n) is 5.81. The first-order valence-electron chi connectivity index (χ1n) is 7.47. The van der Waals surface area contributed by atoms with Crippen molar-refractivity contribution >= 4 is 22.6 Å². The van der Waals surface area contributed by atoms with Crippen molar-refractivity contribution in [1.82, 2.24) is 5.32 Å². The van der Waals surface area contributed by atoms with Crippen LogP contribution in [0.4, 0.5) is 0 Å². The molecule has 0 aliphatic carbocycles. The lowest BCUT2D eigenvalue weighted by molar-refractivity contribution is -0.143. The second-order valence-corrected chi connectivity index (χ2v) is 5.81. The molecule has 1 amide bonds. The number of carbonyl (C=O) groups excluding carboxylic acids is 1. The Morgan fingerprint density at radius 1 is 1.09 bits per heavy atom. The molecular formula is C18H21NO3. The van der Waals surface area contributed by atoms with Gasteiger partial charge in [-0.05, 0) is 28.7 Å². The lowest BCUT2D eigenvalue weighted by Crippen LogP contribution is -2.44. The molecule has 2 N–H and O–H groups in total. The molecule has 1 unspecified atom stereocenters. The van der Waals surface area contributed by atoms with Crippen molar-refractivity contribution in [2.24, 2.45) is 5.92 Å². The van der Waals surface area contributed by atoms with E-state index in [1.54, 1.807) is 13.8 Å². The average Bonchev–Trinajstić information content (AvgIpc) is 2.49. The molecule has 1 atom stereocenters. The van der Waals surface area contributed by atoms with Gasteiger partial charge >= 0.3 is 5.97 Å². The highest BCUT2D eigenvalue weighted by atomic mass is 16.4. The van der Waals surface area contributed by atoms with Crippen LogP contribution in [0.5, 0.6) is 0 Å². The van der Waals surface area contributed by atoms with Crippen LogP contribution < -0.4 is 5.32 Å². The average molecular weight is 299 g/mol. The molecule has 2 aromatic rings. The fourth-order valence-corrected chi connectivity index (χ4v) is 2.41. The Kier molecular flexibility index (Phi) is 5.15. The SMILES string of the molecule is CC(C)C(NC(=O)CCc1ccc2ccccc2c1)C(=O)O. The molecule has 0 spiro atoms. The molecule has 2 rings (SSSR count). The molecule has 0 heterocycles.